The van der Waals surface area contributed by atoms with Gasteiger partial charge in [-0.15, -0.1) is 0 Å². The van der Waals surface area contributed by atoms with Crippen molar-refractivity contribution >= 4 is 5.91 Å². The van der Waals surface area contributed by atoms with Crippen LogP contribution in [0.3, 0.4) is 0 Å². The first-order valence-electron chi connectivity index (χ1n) is 10.3. The van der Waals surface area contributed by atoms with Gasteiger partial charge in [-0.05, 0) is 57.5 Å². The number of para-hydroxylation sites is 1. The molecule has 2 aromatic rings. The summed E-state index contributed by atoms with van der Waals surface area (Å²) in [6.45, 7) is 6.96. The van der Waals surface area contributed by atoms with E-state index in [9.17, 15) is 13.6 Å². The van der Waals surface area contributed by atoms with Crippen molar-refractivity contribution < 1.29 is 18.3 Å². The molecule has 0 saturated carbocycles. The van der Waals surface area contributed by atoms with Crippen molar-refractivity contribution in [3.05, 3.63) is 65.2 Å². The number of nitrogens with zero attached hydrogens (tertiary/aromatic N) is 1. The molecule has 1 heterocycles. The number of benzene rings is 2. The Hall–Kier alpha value is -2.47. The minimum atomic E-state index is -3.12. The Bertz CT molecular complexity index is 873. The molecule has 1 fully saturated rings. The number of carbonyl (C=O) groups excluding carboxylic acids is 1. The fourth-order valence-corrected chi connectivity index (χ4v) is 4.28. The van der Waals surface area contributed by atoms with E-state index in [1.54, 1.807) is 0 Å². The smallest absolute Gasteiger partial charge is 0.274 e. The maximum atomic E-state index is 14.0. The summed E-state index contributed by atoms with van der Waals surface area (Å²) in [4.78, 5) is 15.7. The van der Waals surface area contributed by atoms with Gasteiger partial charge in [-0.25, -0.2) is 8.78 Å². The highest BCUT2D eigenvalue weighted by atomic mass is 19.3. The zero-order chi connectivity index (χ0) is 21.9. The van der Waals surface area contributed by atoms with Gasteiger partial charge >= 0.3 is 0 Å². The highest BCUT2D eigenvalue weighted by Crippen LogP contribution is 2.38. The fraction of sp³-hybridized carbons (Fsp3) is 0.458. The maximum absolute atomic E-state index is 14.0. The molecular formula is C24H30F2N2O2. The van der Waals surface area contributed by atoms with E-state index in [4.69, 9.17) is 4.74 Å². The van der Waals surface area contributed by atoms with Crippen LogP contribution >= 0.6 is 0 Å². The highest BCUT2D eigenvalue weighted by molar-refractivity contribution is 5.97. The van der Waals surface area contributed by atoms with Crippen molar-refractivity contribution in [3.63, 3.8) is 0 Å². The predicted octanol–water partition coefficient (Wildman–Crippen LogP) is 5.15. The Morgan fingerprint density at radius 3 is 2.23 bits per heavy atom. The Balaban J connectivity index is 1.99. The molecule has 0 aromatic heterocycles. The van der Waals surface area contributed by atoms with E-state index in [1.165, 1.54) is 25.3 Å². The minimum Gasteiger partial charge on any atom is -0.495 e. The van der Waals surface area contributed by atoms with Crippen molar-refractivity contribution in [3.8, 4) is 5.75 Å². The Morgan fingerprint density at radius 1 is 1.03 bits per heavy atom. The van der Waals surface area contributed by atoms with E-state index in [1.807, 2.05) is 30.3 Å². The van der Waals surface area contributed by atoms with Crippen LogP contribution < -0.4 is 10.1 Å². The molecule has 1 aliphatic heterocycles. The molecule has 1 saturated heterocycles. The van der Waals surface area contributed by atoms with Crippen LogP contribution in [0.1, 0.15) is 61.1 Å². The number of alkyl halides is 2. The van der Waals surface area contributed by atoms with E-state index >= 15 is 0 Å². The van der Waals surface area contributed by atoms with Gasteiger partial charge < -0.3 is 10.1 Å². The Labute approximate surface area is 177 Å². The van der Waals surface area contributed by atoms with E-state index in [0.717, 1.165) is 38.4 Å². The second kappa shape index (κ2) is 8.72. The number of hydrogen-bond donors (Lipinski definition) is 1. The summed E-state index contributed by atoms with van der Waals surface area (Å²) in [5.74, 6) is -3.64. The lowest BCUT2D eigenvalue weighted by molar-refractivity contribution is 0.0150. The van der Waals surface area contributed by atoms with Crippen molar-refractivity contribution in [2.24, 2.45) is 0 Å². The normalized spacial score (nSPS) is 16.3. The standard InChI is InChI=1S/C24H30F2N2O2/c1-23(2,28-15-8-9-16-28)21(17-11-6-5-7-12-17)27-22(29)18-13-10-14-19(20(18)30-4)24(3,25)26/h5-7,10-14,21H,8-9,15-16H2,1-4H3,(H,27,29). The van der Waals surface area contributed by atoms with E-state index in [2.05, 4.69) is 24.1 Å². The molecule has 1 N–H and O–H groups in total. The van der Waals surface area contributed by atoms with Gasteiger partial charge in [0.15, 0.2) is 0 Å². The molecule has 0 spiro atoms. The molecule has 3 rings (SSSR count). The summed E-state index contributed by atoms with van der Waals surface area (Å²) < 4.78 is 33.3. The number of hydrogen-bond acceptors (Lipinski definition) is 3. The average molecular weight is 417 g/mol. The number of carbonyl (C=O) groups is 1. The van der Waals surface area contributed by atoms with Crippen molar-refractivity contribution in [2.45, 2.75) is 51.1 Å². The first kappa shape index (κ1) is 22.2. The average Bonchev–Trinajstić information content (AvgIpc) is 3.27. The molecule has 1 atom stereocenters. The second-order valence-electron chi connectivity index (χ2n) is 8.44. The largest absolute Gasteiger partial charge is 0.495 e. The third-order valence-electron chi connectivity index (χ3n) is 5.97. The summed E-state index contributed by atoms with van der Waals surface area (Å²) in [7, 11) is 1.31. The van der Waals surface area contributed by atoms with E-state index in [-0.39, 0.29) is 28.5 Å². The number of methoxy groups -OCH3 is 1. The first-order valence-corrected chi connectivity index (χ1v) is 10.3. The monoisotopic (exact) mass is 416 g/mol. The lowest BCUT2D eigenvalue weighted by atomic mass is 9.86. The van der Waals surface area contributed by atoms with Crippen LogP contribution in [0.4, 0.5) is 8.78 Å². The van der Waals surface area contributed by atoms with Crippen molar-refractivity contribution in [2.75, 3.05) is 20.2 Å². The van der Waals surface area contributed by atoms with E-state index < -0.39 is 11.8 Å². The summed E-state index contributed by atoms with van der Waals surface area (Å²) in [6.07, 6.45) is 2.25. The molecule has 4 nitrogen and oxygen atoms in total. The molecule has 1 amide bonds. The third-order valence-corrected chi connectivity index (χ3v) is 5.97. The topological polar surface area (TPSA) is 41.6 Å². The van der Waals surface area contributed by atoms with Gasteiger partial charge in [0.2, 0.25) is 0 Å². The lowest BCUT2D eigenvalue weighted by Gasteiger charge is -2.42. The van der Waals surface area contributed by atoms with Crippen LogP contribution in [0, 0.1) is 0 Å². The van der Waals surface area contributed by atoms with Gasteiger partial charge in [0.25, 0.3) is 11.8 Å². The molecule has 162 valence electrons. The predicted molar refractivity (Wildman–Crippen MR) is 114 cm³/mol. The zero-order valence-corrected chi connectivity index (χ0v) is 18.0. The quantitative estimate of drug-likeness (QED) is 0.679. The van der Waals surface area contributed by atoms with Gasteiger partial charge in [-0.3, -0.25) is 9.69 Å². The molecule has 2 aromatic carbocycles. The first-order chi connectivity index (χ1) is 14.2. The van der Waals surface area contributed by atoms with Crippen LogP contribution in [0.2, 0.25) is 0 Å². The third kappa shape index (κ3) is 4.48. The van der Waals surface area contributed by atoms with Gasteiger partial charge in [0.05, 0.1) is 24.3 Å². The Kier molecular flexibility index (Phi) is 6.46. The van der Waals surface area contributed by atoms with Gasteiger partial charge in [-0.2, -0.15) is 0 Å². The molecule has 0 radical (unpaired) electrons. The number of amides is 1. The van der Waals surface area contributed by atoms with Crippen LogP contribution in [0.15, 0.2) is 48.5 Å². The summed E-state index contributed by atoms with van der Waals surface area (Å²) in [5, 5.41) is 3.11. The van der Waals surface area contributed by atoms with Gasteiger partial charge in [0.1, 0.15) is 5.75 Å². The van der Waals surface area contributed by atoms with Crippen LogP contribution in [0.25, 0.3) is 0 Å². The number of ether oxygens (including phenoxy) is 1. The Morgan fingerprint density at radius 2 is 1.67 bits per heavy atom. The zero-order valence-electron chi connectivity index (χ0n) is 18.0. The number of rotatable bonds is 7. The molecule has 1 unspecified atom stereocenters. The summed E-state index contributed by atoms with van der Waals surface area (Å²) in [6, 6.07) is 13.7. The molecular weight excluding hydrogens is 386 g/mol. The summed E-state index contributed by atoms with van der Waals surface area (Å²) in [5.41, 5.74) is 0.425. The molecule has 30 heavy (non-hydrogen) atoms. The molecule has 6 heteroatoms. The minimum absolute atomic E-state index is 0.0895. The lowest BCUT2D eigenvalue weighted by Crippen LogP contribution is -2.52. The number of likely N-dealkylation sites (tertiary alicyclic amines) is 1. The van der Waals surface area contributed by atoms with Crippen molar-refractivity contribution in [1.29, 1.82) is 0 Å². The number of halogens is 2. The number of nitrogens with one attached hydrogen (secondary N) is 1. The highest BCUT2D eigenvalue weighted by Gasteiger charge is 2.39. The summed E-state index contributed by atoms with van der Waals surface area (Å²) >= 11 is 0. The molecule has 1 aliphatic rings. The van der Waals surface area contributed by atoms with E-state index in [0.29, 0.717) is 0 Å². The van der Waals surface area contributed by atoms with Crippen LogP contribution in [-0.4, -0.2) is 36.5 Å². The van der Waals surface area contributed by atoms with Gasteiger partial charge in [-0.1, -0.05) is 36.4 Å². The van der Waals surface area contributed by atoms with Crippen molar-refractivity contribution in [1.82, 2.24) is 10.2 Å². The SMILES string of the molecule is COc1c(C(=O)NC(c2ccccc2)C(C)(C)N2CCCC2)cccc1C(C)(F)F. The molecule has 0 aliphatic carbocycles. The van der Waals surface area contributed by atoms with Crippen LogP contribution in [-0.2, 0) is 5.92 Å². The van der Waals surface area contributed by atoms with Gasteiger partial charge in [0, 0.05) is 12.5 Å². The molecule has 0 bridgehead atoms. The van der Waals surface area contributed by atoms with Crippen LogP contribution in [0.5, 0.6) is 5.75 Å². The maximum Gasteiger partial charge on any atom is 0.274 e. The second-order valence-corrected chi connectivity index (χ2v) is 8.44. The fourth-order valence-electron chi connectivity index (χ4n) is 4.28.